The first kappa shape index (κ1) is 21.4. The summed E-state index contributed by atoms with van der Waals surface area (Å²) in [4.78, 5) is 20.9. The topological polar surface area (TPSA) is 135 Å². The average Bonchev–Trinajstić information content (AvgIpc) is 3.13. The molecule has 4 aromatic rings. The Bertz CT molecular complexity index is 1300. The molecule has 0 unspecified atom stereocenters. The first-order chi connectivity index (χ1) is 15.4. The van der Waals surface area contributed by atoms with Crippen molar-refractivity contribution in [2.45, 2.75) is 13.5 Å². The van der Waals surface area contributed by atoms with Crippen LogP contribution in [0.4, 0.5) is 5.82 Å². The Hall–Kier alpha value is -3.89. The molecule has 3 aromatic heterocycles. The number of hydrogen-bond donors (Lipinski definition) is 4. The largest absolute Gasteiger partial charge is 0.491 e. The van der Waals surface area contributed by atoms with Crippen LogP contribution in [0.15, 0.2) is 54.9 Å². The highest BCUT2D eigenvalue weighted by Crippen LogP contribution is 2.30. The minimum Gasteiger partial charge on any atom is -0.491 e. The first-order valence-electron chi connectivity index (χ1n) is 9.89. The molecule has 9 nitrogen and oxygen atoms in total. The molecular formula is C22H22BN5O4. The minimum absolute atomic E-state index is 0.382. The van der Waals surface area contributed by atoms with Gasteiger partial charge in [-0.1, -0.05) is 24.3 Å². The Balaban J connectivity index is 1.72. The number of nitrogens with zero attached hydrogens (tertiary/aromatic N) is 3. The van der Waals surface area contributed by atoms with E-state index < -0.39 is 13.0 Å². The molecule has 4 rings (SSSR count). The Kier molecular flexibility index (Phi) is 5.80. The third-order valence-corrected chi connectivity index (χ3v) is 5.16. The second-order valence-corrected chi connectivity index (χ2v) is 7.30. The molecule has 0 fully saturated rings. The number of anilines is 1. The van der Waals surface area contributed by atoms with Crippen LogP contribution in [0.25, 0.3) is 17.0 Å². The number of amides is 1. The van der Waals surface area contributed by atoms with Crippen molar-refractivity contribution in [1.29, 1.82) is 0 Å². The maximum Gasteiger partial charge on any atom is 0.488 e. The molecule has 162 valence electrons. The molecule has 10 heteroatoms. The molecule has 0 radical (unpaired) electrons. The van der Waals surface area contributed by atoms with Crippen LogP contribution >= 0.6 is 0 Å². The lowest BCUT2D eigenvalue weighted by atomic mass is 9.80. The molecular weight excluding hydrogens is 409 g/mol. The van der Waals surface area contributed by atoms with Crippen molar-refractivity contribution in [3.8, 4) is 17.3 Å². The third kappa shape index (κ3) is 4.01. The zero-order valence-electron chi connectivity index (χ0n) is 17.6. The number of aryl methyl sites for hydroxylation is 1. The number of carbonyl (C=O) groups excluding carboxylic acids is 1. The number of carbonyl (C=O) groups is 1. The number of primary amides is 1. The van der Waals surface area contributed by atoms with Crippen molar-refractivity contribution < 1.29 is 19.6 Å². The number of pyridine rings is 1. The molecule has 0 atom stereocenters. The average molecular weight is 431 g/mol. The van der Waals surface area contributed by atoms with E-state index in [0.29, 0.717) is 40.5 Å². The molecule has 3 heterocycles. The number of rotatable bonds is 7. The summed E-state index contributed by atoms with van der Waals surface area (Å²) in [5.41, 5.74) is 9.49. The van der Waals surface area contributed by atoms with Gasteiger partial charge >= 0.3 is 7.12 Å². The maximum atomic E-state index is 11.8. The van der Waals surface area contributed by atoms with E-state index >= 15 is 0 Å². The van der Waals surface area contributed by atoms with Crippen molar-refractivity contribution in [1.82, 2.24) is 14.4 Å². The number of nitrogens with one attached hydrogen (secondary N) is 1. The quantitative estimate of drug-likeness (QED) is 0.322. The standard InChI is InChI=1S/C22H22BN5O4/c1-13-9-17-16(20(24)29)7-4-8-28(17)19(13)22-26-12-18(32-2)21(27-22)25-11-14-5-3-6-15(10-14)23(30)31/h3-10,12,30-31H,11H2,1-2H3,(H2,24,29)(H,25,26,27). The predicted molar refractivity (Wildman–Crippen MR) is 122 cm³/mol. The molecule has 1 amide bonds. The molecule has 0 aliphatic carbocycles. The highest BCUT2D eigenvalue weighted by atomic mass is 16.5. The number of aromatic nitrogens is 3. The molecule has 0 bridgehead atoms. The van der Waals surface area contributed by atoms with Gasteiger partial charge in [0.1, 0.15) is 0 Å². The third-order valence-electron chi connectivity index (χ3n) is 5.16. The van der Waals surface area contributed by atoms with Crippen LogP contribution in [0.3, 0.4) is 0 Å². The summed E-state index contributed by atoms with van der Waals surface area (Å²) >= 11 is 0. The van der Waals surface area contributed by atoms with Gasteiger partial charge in [0.2, 0.25) is 0 Å². The summed E-state index contributed by atoms with van der Waals surface area (Å²) in [6.07, 6.45) is 3.41. The lowest BCUT2D eigenvalue weighted by molar-refractivity contribution is 0.100. The number of fused-ring (bicyclic) bond motifs is 1. The molecule has 5 N–H and O–H groups in total. The minimum atomic E-state index is -1.54. The molecule has 0 spiro atoms. The van der Waals surface area contributed by atoms with Crippen LogP contribution in [0.1, 0.15) is 21.5 Å². The number of nitrogens with two attached hydrogens (primary N) is 1. The Labute approximate surface area is 184 Å². The first-order valence-corrected chi connectivity index (χ1v) is 9.89. The Morgan fingerprint density at radius 1 is 1.25 bits per heavy atom. The molecule has 0 saturated carbocycles. The van der Waals surface area contributed by atoms with E-state index in [9.17, 15) is 14.8 Å². The SMILES string of the molecule is COc1cnc(-c2c(C)cc3c(C(N)=O)cccn23)nc1NCc1cccc(B(O)O)c1. The van der Waals surface area contributed by atoms with Gasteiger partial charge in [0.25, 0.3) is 5.91 Å². The number of hydrogen-bond acceptors (Lipinski definition) is 7. The molecule has 0 aliphatic rings. The molecule has 0 saturated heterocycles. The van der Waals surface area contributed by atoms with E-state index in [-0.39, 0.29) is 0 Å². The van der Waals surface area contributed by atoms with E-state index in [1.165, 1.54) is 7.11 Å². The monoisotopic (exact) mass is 431 g/mol. The van der Waals surface area contributed by atoms with Crippen LogP contribution in [-0.2, 0) is 6.54 Å². The fraction of sp³-hybridized carbons (Fsp3) is 0.136. The summed E-state index contributed by atoms with van der Waals surface area (Å²) in [5, 5.41) is 22.0. The van der Waals surface area contributed by atoms with Gasteiger partial charge in [-0.2, -0.15) is 0 Å². The van der Waals surface area contributed by atoms with Gasteiger partial charge in [-0.3, -0.25) is 4.79 Å². The predicted octanol–water partition coefficient (Wildman–Crippen LogP) is 1.10. The Morgan fingerprint density at radius 3 is 2.78 bits per heavy atom. The van der Waals surface area contributed by atoms with Crippen molar-refractivity contribution in [3.63, 3.8) is 0 Å². The van der Waals surface area contributed by atoms with E-state index in [1.54, 1.807) is 36.5 Å². The van der Waals surface area contributed by atoms with Crippen molar-refractivity contribution in [2.24, 2.45) is 5.73 Å². The van der Waals surface area contributed by atoms with Crippen LogP contribution in [0.2, 0.25) is 0 Å². The highest BCUT2D eigenvalue weighted by Gasteiger charge is 2.18. The zero-order chi connectivity index (χ0) is 22.8. The lowest BCUT2D eigenvalue weighted by Gasteiger charge is -2.13. The summed E-state index contributed by atoms with van der Waals surface area (Å²) < 4.78 is 7.24. The van der Waals surface area contributed by atoms with Gasteiger partial charge in [-0.05, 0) is 41.7 Å². The summed E-state index contributed by atoms with van der Waals surface area (Å²) in [7, 11) is -0.00497. The van der Waals surface area contributed by atoms with Gasteiger partial charge < -0.3 is 30.2 Å². The van der Waals surface area contributed by atoms with Gasteiger partial charge in [0, 0.05) is 12.7 Å². The van der Waals surface area contributed by atoms with Gasteiger partial charge in [-0.25, -0.2) is 9.97 Å². The van der Waals surface area contributed by atoms with Crippen LogP contribution in [-0.4, -0.2) is 44.6 Å². The fourth-order valence-electron chi connectivity index (χ4n) is 3.63. The Morgan fingerprint density at radius 2 is 2.06 bits per heavy atom. The van der Waals surface area contributed by atoms with Crippen molar-refractivity contribution in [2.75, 3.05) is 12.4 Å². The highest BCUT2D eigenvalue weighted by molar-refractivity contribution is 6.58. The molecule has 1 aromatic carbocycles. The molecule has 0 aliphatic heterocycles. The number of methoxy groups -OCH3 is 1. The maximum absolute atomic E-state index is 11.8. The lowest BCUT2D eigenvalue weighted by Crippen LogP contribution is -2.30. The molecule has 32 heavy (non-hydrogen) atoms. The van der Waals surface area contributed by atoms with Crippen molar-refractivity contribution >= 4 is 29.8 Å². The normalized spacial score (nSPS) is 10.9. The van der Waals surface area contributed by atoms with E-state index in [1.807, 2.05) is 29.7 Å². The van der Waals surface area contributed by atoms with Crippen LogP contribution < -0.4 is 21.3 Å². The van der Waals surface area contributed by atoms with E-state index in [2.05, 4.69) is 15.3 Å². The second-order valence-electron chi connectivity index (χ2n) is 7.30. The zero-order valence-corrected chi connectivity index (χ0v) is 17.6. The smallest absolute Gasteiger partial charge is 0.488 e. The van der Waals surface area contributed by atoms with E-state index in [4.69, 9.17) is 10.5 Å². The number of benzene rings is 1. The van der Waals surface area contributed by atoms with Crippen molar-refractivity contribution in [3.05, 3.63) is 71.5 Å². The van der Waals surface area contributed by atoms with Gasteiger partial charge in [0.05, 0.1) is 30.1 Å². The fourth-order valence-corrected chi connectivity index (χ4v) is 3.63. The van der Waals surface area contributed by atoms with E-state index in [0.717, 1.165) is 16.8 Å². The summed E-state index contributed by atoms with van der Waals surface area (Å²) in [5.74, 6) is 0.885. The van der Waals surface area contributed by atoms with Gasteiger partial charge in [0.15, 0.2) is 17.4 Å². The second kappa shape index (κ2) is 8.70. The summed E-state index contributed by atoms with van der Waals surface area (Å²) in [6, 6.07) is 12.3. The van der Waals surface area contributed by atoms with Gasteiger partial charge in [-0.15, -0.1) is 0 Å². The van der Waals surface area contributed by atoms with Crippen LogP contribution in [0, 0.1) is 6.92 Å². The number of ether oxygens (including phenoxy) is 1. The van der Waals surface area contributed by atoms with Crippen LogP contribution in [0.5, 0.6) is 5.75 Å². The summed E-state index contributed by atoms with van der Waals surface area (Å²) in [6.45, 7) is 2.30.